The van der Waals surface area contributed by atoms with Gasteiger partial charge in [-0.1, -0.05) is 12.1 Å². The molecule has 0 radical (unpaired) electrons. The fraction of sp³-hybridized carbons (Fsp3) is 0.529. The number of H-pyrrole nitrogens is 1. The summed E-state index contributed by atoms with van der Waals surface area (Å²) in [5.74, 6) is 1.11. The number of carbonyl (C=O) groups excluding carboxylic acids is 1. The Bertz CT molecular complexity index is 597. The van der Waals surface area contributed by atoms with Gasteiger partial charge in [-0.25, -0.2) is 4.98 Å². The summed E-state index contributed by atoms with van der Waals surface area (Å²) in [4.78, 5) is 22.0. The second-order valence-electron chi connectivity index (χ2n) is 5.74. The third-order valence-corrected chi connectivity index (χ3v) is 4.21. The van der Waals surface area contributed by atoms with Crippen LogP contribution in [0.25, 0.3) is 11.0 Å². The molecule has 1 saturated heterocycles. The Morgan fingerprint density at radius 3 is 2.86 bits per heavy atom. The number of hydrogen-bond donors (Lipinski definition) is 1. The Kier molecular flexibility index (Phi) is 4.73. The van der Waals surface area contributed by atoms with Gasteiger partial charge in [0.2, 0.25) is 5.91 Å². The lowest BCUT2D eigenvalue weighted by Gasteiger charge is -2.31. The number of nitrogens with one attached hydrogen (secondary N) is 1. The van der Waals surface area contributed by atoms with Crippen molar-refractivity contribution in [1.82, 2.24) is 14.9 Å². The molecule has 1 aromatic heterocycles. The van der Waals surface area contributed by atoms with E-state index in [2.05, 4.69) is 9.97 Å². The lowest BCUT2D eigenvalue weighted by molar-refractivity contribution is -0.133. The number of nitrogens with zero attached hydrogens (tertiary/aromatic N) is 2. The molecule has 0 spiro atoms. The van der Waals surface area contributed by atoms with Crippen LogP contribution >= 0.6 is 0 Å². The minimum absolute atomic E-state index is 0.218. The number of imidazole rings is 1. The van der Waals surface area contributed by atoms with Crippen LogP contribution in [0.1, 0.15) is 32.0 Å². The predicted molar refractivity (Wildman–Crippen MR) is 85.6 cm³/mol. The van der Waals surface area contributed by atoms with Gasteiger partial charge < -0.3 is 14.6 Å². The van der Waals surface area contributed by atoms with E-state index >= 15 is 0 Å². The van der Waals surface area contributed by atoms with Crippen molar-refractivity contribution in [1.29, 1.82) is 0 Å². The molecule has 1 N–H and O–H groups in total. The van der Waals surface area contributed by atoms with Crippen molar-refractivity contribution < 1.29 is 9.53 Å². The van der Waals surface area contributed by atoms with E-state index in [9.17, 15) is 4.79 Å². The molecular weight excluding hydrogens is 278 g/mol. The second kappa shape index (κ2) is 6.92. The summed E-state index contributed by atoms with van der Waals surface area (Å²) in [5, 5.41) is 0. The van der Waals surface area contributed by atoms with E-state index in [0.717, 1.165) is 49.4 Å². The first-order valence-corrected chi connectivity index (χ1v) is 8.09. The number of carbonyl (C=O) groups is 1. The molecular formula is C17H23N3O2. The summed E-state index contributed by atoms with van der Waals surface area (Å²) < 4.78 is 5.62. The highest BCUT2D eigenvalue weighted by molar-refractivity contribution is 5.77. The largest absolute Gasteiger partial charge is 0.378 e. The summed E-state index contributed by atoms with van der Waals surface area (Å²) >= 11 is 0. The molecule has 5 nitrogen and oxygen atoms in total. The van der Waals surface area contributed by atoms with Crippen LogP contribution in [0.15, 0.2) is 24.3 Å². The summed E-state index contributed by atoms with van der Waals surface area (Å²) in [6.07, 6.45) is 3.40. The number of piperidine rings is 1. The third kappa shape index (κ3) is 3.47. The van der Waals surface area contributed by atoms with Gasteiger partial charge in [0.1, 0.15) is 5.82 Å². The van der Waals surface area contributed by atoms with Crippen molar-refractivity contribution >= 4 is 16.9 Å². The number of benzene rings is 1. The molecule has 22 heavy (non-hydrogen) atoms. The molecule has 1 aromatic carbocycles. The highest BCUT2D eigenvalue weighted by Crippen LogP contribution is 2.16. The molecule has 0 unspecified atom stereocenters. The number of rotatable bonds is 5. The molecule has 1 fully saturated rings. The Labute approximate surface area is 130 Å². The maximum absolute atomic E-state index is 12.3. The lowest BCUT2D eigenvalue weighted by atomic mass is 10.1. The van der Waals surface area contributed by atoms with Crippen molar-refractivity contribution in [2.75, 3.05) is 19.7 Å². The summed E-state index contributed by atoms with van der Waals surface area (Å²) in [6.45, 7) is 4.39. The minimum Gasteiger partial charge on any atom is -0.378 e. The Balaban J connectivity index is 1.50. The van der Waals surface area contributed by atoms with Crippen molar-refractivity contribution in [3.8, 4) is 0 Å². The van der Waals surface area contributed by atoms with E-state index in [1.165, 1.54) is 0 Å². The van der Waals surface area contributed by atoms with Crippen LogP contribution < -0.4 is 0 Å². The molecule has 118 valence electrons. The Hall–Kier alpha value is -1.88. The van der Waals surface area contributed by atoms with Gasteiger partial charge >= 0.3 is 0 Å². The maximum Gasteiger partial charge on any atom is 0.223 e. The van der Waals surface area contributed by atoms with Crippen LogP contribution in [0.5, 0.6) is 0 Å². The number of aromatic nitrogens is 2. The fourth-order valence-corrected chi connectivity index (χ4v) is 3.02. The predicted octanol–water partition coefficient (Wildman–Crippen LogP) is 2.52. The smallest absolute Gasteiger partial charge is 0.223 e. The first-order valence-electron chi connectivity index (χ1n) is 8.09. The number of aryl methyl sites for hydroxylation is 1. The monoisotopic (exact) mass is 301 g/mol. The number of para-hydroxylation sites is 2. The molecule has 5 heteroatoms. The van der Waals surface area contributed by atoms with E-state index in [4.69, 9.17) is 4.74 Å². The van der Waals surface area contributed by atoms with Crippen LogP contribution in [0, 0.1) is 0 Å². The van der Waals surface area contributed by atoms with Crippen LogP contribution in [0.4, 0.5) is 0 Å². The van der Waals surface area contributed by atoms with E-state index in [1.807, 2.05) is 36.1 Å². The number of amides is 1. The number of aromatic amines is 1. The Morgan fingerprint density at radius 1 is 1.36 bits per heavy atom. The highest BCUT2D eigenvalue weighted by Gasteiger charge is 2.22. The molecule has 0 saturated carbocycles. The van der Waals surface area contributed by atoms with E-state index in [1.54, 1.807) is 0 Å². The topological polar surface area (TPSA) is 58.2 Å². The Morgan fingerprint density at radius 2 is 2.14 bits per heavy atom. The standard InChI is InChI=1S/C17H23N3O2/c1-2-22-13-9-11-20(12-10-13)17(21)8-7-16-18-14-5-3-4-6-15(14)19-16/h3-6,13H,2,7-12H2,1H3,(H,18,19). The first kappa shape index (κ1) is 15.0. The zero-order valence-corrected chi connectivity index (χ0v) is 13.0. The van der Waals surface area contributed by atoms with Gasteiger partial charge in [-0.3, -0.25) is 4.79 Å². The SMILES string of the molecule is CCOC1CCN(C(=O)CCc2nc3ccccc3[nH]2)CC1. The van der Waals surface area contributed by atoms with Crippen molar-refractivity contribution in [3.63, 3.8) is 0 Å². The van der Waals surface area contributed by atoms with Gasteiger partial charge in [0, 0.05) is 32.5 Å². The maximum atomic E-state index is 12.3. The fourth-order valence-electron chi connectivity index (χ4n) is 3.02. The van der Waals surface area contributed by atoms with Crippen LogP contribution in [-0.2, 0) is 16.0 Å². The summed E-state index contributed by atoms with van der Waals surface area (Å²) in [6, 6.07) is 7.94. The molecule has 2 aromatic rings. The second-order valence-corrected chi connectivity index (χ2v) is 5.74. The van der Waals surface area contributed by atoms with Crippen molar-refractivity contribution in [2.45, 2.75) is 38.7 Å². The molecule has 0 atom stereocenters. The third-order valence-electron chi connectivity index (χ3n) is 4.21. The molecule has 0 aliphatic carbocycles. The average Bonchev–Trinajstić information content (AvgIpc) is 2.96. The van der Waals surface area contributed by atoms with Crippen LogP contribution in [0.3, 0.4) is 0 Å². The van der Waals surface area contributed by atoms with Gasteiger partial charge in [0.15, 0.2) is 0 Å². The molecule has 3 rings (SSSR count). The van der Waals surface area contributed by atoms with Gasteiger partial charge in [-0.15, -0.1) is 0 Å². The van der Waals surface area contributed by atoms with Crippen LogP contribution in [0.2, 0.25) is 0 Å². The normalized spacial score (nSPS) is 16.3. The van der Waals surface area contributed by atoms with Gasteiger partial charge in [-0.2, -0.15) is 0 Å². The van der Waals surface area contributed by atoms with E-state index in [0.29, 0.717) is 18.9 Å². The van der Waals surface area contributed by atoms with Crippen molar-refractivity contribution in [3.05, 3.63) is 30.1 Å². The lowest BCUT2D eigenvalue weighted by Crippen LogP contribution is -2.41. The van der Waals surface area contributed by atoms with E-state index < -0.39 is 0 Å². The molecule has 2 heterocycles. The first-order chi connectivity index (χ1) is 10.8. The van der Waals surface area contributed by atoms with Gasteiger partial charge in [0.25, 0.3) is 0 Å². The van der Waals surface area contributed by atoms with Gasteiger partial charge in [-0.05, 0) is 31.9 Å². The molecule has 0 bridgehead atoms. The zero-order chi connectivity index (χ0) is 15.4. The minimum atomic E-state index is 0.218. The number of hydrogen-bond acceptors (Lipinski definition) is 3. The number of likely N-dealkylation sites (tertiary alicyclic amines) is 1. The molecule has 1 aliphatic heterocycles. The number of ether oxygens (including phenoxy) is 1. The van der Waals surface area contributed by atoms with E-state index in [-0.39, 0.29) is 5.91 Å². The summed E-state index contributed by atoms with van der Waals surface area (Å²) in [5.41, 5.74) is 1.99. The van der Waals surface area contributed by atoms with Crippen molar-refractivity contribution in [2.24, 2.45) is 0 Å². The zero-order valence-electron chi connectivity index (χ0n) is 13.0. The highest BCUT2D eigenvalue weighted by atomic mass is 16.5. The van der Waals surface area contributed by atoms with Crippen LogP contribution in [-0.4, -0.2) is 46.6 Å². The summed E-state index contributed by atoms with van der Waals surface area (Å²) in [7, 11) is 0. The molecule has 1 aliphatic rings. The number of fused-ring (bicyclic) bond motifs is 1. The quantitative estimate of drug-likeness (QED) is 0.923. The average molecular weight is 301 g/mol. The van der Waals surface area contributed by atoms with Gasteiger partial charge in [0.05, 0.1) is 17.1 Å². The molecule has 1 amide bonds.